The van der Waals surface area contributed by atoms with Gasteiger partial charge in [-0.2, -0.15) is 0 Å². The molecule has 0 N–H and O–H groups in total. The lowest BCUT2D eigenvalue weighted by molar-refractivity contribution is 1.15. The topological polar surface area (TPSA) is 14.8 Å². The largest absolute Gasteiger partial charge is 0.309 e. The van der Waals surface area contributed by atoms with Crippen molar-refractivity contribution < 1.29 is 0 Å². The molecule has 10 aromatic carbocycles. The van der Waals surface area contributed by atoms with Crippen LogP contribution < -0.4 is 0 Å². The Morgan fingerprint density at radius 1 is 0.219 bits per heavy atom. The molecule has 0 aliphatic rings. The molecule has 3 nitrogen and oxygen atoms in total. The van der Waals surface area contributed by atoms with Crippen molar-refractivity contribution in [2.45, 2.75) is 19.6 Å². The maximum Gasteiger partial charge on any atom is 0.0552 e. The Bertz CT molecular complexity index is 3830. The molecule has 302 valence electrons. The van der Waals surface area contributed by atoms with Gasteiger partial charge in [-0.1, -0.05) is 133 Å². The molecule has 0 amide bonds. The van der Waals surface area contributed by atoms with Crippen molar-refractivity contribution in [2.24, 2.45) is 0 Å². The first kappa shape index (κ1) is 36.6. The Morgan fingerprint density at radius 2 is 0.562 bits per heavy atom. The van der Waals surface area contributed by atoms with Crippen molar-refractivity contribution in [3.8, 4) is 17.1 Å². The van der Waals surface area contributed by atoms with E-state index in [4.69, 9.17) is 0 Å². The van der Waals surface area contributed by atoms with Crippen LogP contribution in [-0.2, 0) is 0 Å². The zero-order valence-corrected chi connectivity index (χ0v) is 35.7. The molecule has 0 aliphatic carbocycles. The molecule has 13 aromatic rings. The third kappa shape index (κ3) is 5.30. The lowest BCUT2D eigenvalue weighted by atomic mass is 10.1. The summed E-state index contributed by atoms with van der Waals surface area (Å²) < 4.78 is 7.32. The van der Waals surface area contributed by atoms with Crippen molar-refractivity contribution >= 4 is 75.4 Å². The first-order chi connectivity index (χ1) is 31.8. The molecule has 0 radical (unpaired) electrons. The fourth-order valence-corrected chi connectivity index (χ4v) is 14.4. The number of hydrogen-bond acceptors (Lipinski definition) is 0. The van der Waals surface area contributed by atoms with Crippen LogP contribution in [0, 0.1) is 0 Å². The van der Waals surface area contributed by atoms with Crippen LogP contribution in [0.25, 0.3) is 82.5 Å². The van der Waals surface area contributed by atoms with Gasteiger partial charge >= 0.3 is 0 Å². The minimum Gasteiger partial charge on any atom is -0.309 e. The summed E-state index contributed by atoms with van der Waals surface area (Å²) in [6.07, 6.45) is 0. The Balaban J connectivity index is 1.06. The van der Waals surface area contributed by atoms with Crippen LogP contribution >= 0.6 is 10.0 Å². The van der Waals surface area contributed by atoms with Gasteiger partial charge in [0.2, 0.25) is 0 Å². The zero-order chi connectivity index (χ0) is 42.2. The SMILES string of the molecule is c1ccc(-n2c3ccccc3c3ccc(S(c4ccccc4)(c4ccccc4)c4ccc(-n5c6ccccc6c6c7c8ccccc8n(-c8ccccc8)c7ccc65)cc4)cc32)cc1. The molecule has 0 aliphatic heterocycles. The third-order valence-electron chi connectivity index (χ3n) is 13.1. The summed E-state index contributed by atoms with van der Waals surface area (Å²) in [5, 5.41) is 7.57. The highest BCUT2D eigenvalue weighted by molar-refractivity contribution is 8.34. The molecule has 0 atom stereocenters. The van der Waals surface area contributed by atoms with E-state index in [2.05, 4.69) is 262 Å². The highest BCUT2D eigenvalue weighted by Crippen LogP contribution is 2.73. The van der Waals surface area contributed by atoms with Crippen molar-refractivity contribution in [2.75, 3.05) is 0 Å². The monoisotopic (exact) mass is 835 g/mol. The second-order valence-corrected chi connectivity index (χ2v) is 19.6. The molecule has 0 spiro atoms. The van der Waals surface area contributed by atoms with E-state index in [1.165, 1.54) is 85.0 Å². The van der Waals surface area contributed by atoms with Gasteiger partial charge in [0.25, 0.3) is 0 Å². The average Bonchev–Trinajstić information content (AvgIpc) is 4.01. The Morgan fingerprint density at radius 3 is 1.06 bits per heavy atom. The number of para-hydroxylation sites is 5. The molecular weight excluding hydrogens is 795 g/mol. The number of nitrogens with zero attached hydrogens (tertiary/aromatic N) is 3. The van der Waals surface area contributed by atoms with E-state index in [0.29, 0.717) is 0 Å². The van der Waals surface area contributed by atoms with Crippen LogP contribution in [0.5, 0.6) is 0 Å². The van der Waals surface area contributed by atoms with E-state index in [0.717, 1.165) is 17.1 Å². The smallest absolute Gasteiger partial charge is 0.0552 e. The summed E-state index contributed by atoms with van der Waals surface area (Å²) in [5.41, 5.74) is 10.7. The zero-order valence-electron chi connectivity index (χ0n) is 34.9. The van der Waals surface area contributed by atoms with Gasteiger partial charge in [0, 0.05) is 69.0 Å². The number of rotatable bonds is 7. The first-order valence-electron chi connectivity index (χ1n) is 21.9. The van der Waals surface area contributed by atoms with E-state index in [9.17, 15) is 0 Å². The predicted octanol–water partition coefficient (Wildman–Crippen LogP) is 16.3. The highest BCUT2D eigenvalue weighted by Gasteiger charge is 2.34. The van der Waals surface area contributed by atoms with E-state index < -0.39 is 10.0 Å². The molecule has 0 saturated heterocycles. The summed E-state index contributed by atoms with van der Waals surface area (Å²) in [5.74, 6) is 0. The quantitative estimate of drug-likeness (QED) is 0.152. The third-order valence-corrected chi connectivity index (χ3v) is 17.0. The number of fused-ring (bicyclic) bond motifs is 10. The molecule has 64 heavy (non-hydrogen) atoms. The summed E-state index contributed by atoms with van der Waals surface area (Å²) in [7, 11) is -2.01. The predicted molar refractivity (Wildman–Crippen MR) is 269 cm³/mol. The van der Waals surface area contributed by atoms with Gasteiger partial charge in [0.1, 0.15) is 0 Å². The first-order valence-corrected chi connectivity index (χ1v) is 23.6. The number of benzene rings is 10. The highest BCUT2D eigenvalue weighted by atomic mass is 32.3. The normalized spacial score (nSPS) is 12.3. The Hall–Kier alpha value is -8.05. The van der Waals surface area contributed by atoms with Crippen LogP contribution in [0.4, 0.5) is 0 Å². The maximum atomic E-state index is 2.48. The van der Waals surface area contributed by atoms with Gasteiger partial charge < -0.3 is 13.7 Å². The van der Waals surface area contributed by atoms with Gasteiger partial charge in [0.15, 0.2) is 0 Å². The van der Waals surface area contributed by atoms with Gasteiger partial charge in [-0.25, -0.2) is 0 Å². The second-order valence-electron chi connectivity index (χ2n) is 16.5. The van der Waals surface area contributed by atoms with Gasteiger partial charge in [-0.05, 0) is 115 Å². The van der Waals surface area contributed by atoms with Crippen molar-refractivity contribution in [1.29, 1.82) is 0 Å². The summed E-state index contributed by atoms with van der Waals surface area (Å²) in [6.45, 7) is 0. The van der Waals surface area contributed by atoms with Crippen LogP contribution in [0.15, 0.2) is 268 Å². The molecule has 0 fully saturated rings. The van der Waals surface area contributed by atoms with E-state index in [1.807, 2.05) is 0 Å². The molecule has 3 heterocycles. The van der Waals surface area contributed by atoms with E-state index in [1.54, 1.807) is 0 Å². The van der Waals surface area contributed by atoms with Gasteiger partial charge in [0.05, 0.1) is 33.1 Å². The molecule has 13 rings (SSSR count). The Kier molecular flexibility index (Phi) is 8.30. The lowest BCUT2D eigenvalue weighted by Gasteiger charge is -2.42. The van der Waals surface area contributed by atoms with Crippen molar-refractivity contribution in [1.82, 2.24) is 13.7 Å². The van der Waals surface area contributed by atoms with Crippen LogP contribution in [0.3, 0.4) is 0 Å². The van der Waals surface area contributed by atoms with E-state index in [-0.39, 0.29) is 0 Å². The minimum atomic E-state index is -2.01. The molecule has 0 bridgehead atoms. The molecule has 0 unspecified atom stereocenters. The fraction of sp³-hybridized carbons (Fsp3) is 0. The van der Waals surface area contributed by atoms with Crippen molar-refractivity contribution in [3.63, 3.8) is 0 Å². The lowest BCUT2D eigenvalue weighted by Crippen LogP contribution is -2.06. The molecule has 3 aromatic heterocycles. The second kappa shape index (κ2) is 14.5. The van der Waals surface area contributed by atoms with E-state index >= 15 is 0 Å². The van der Waals surface area contributed by atoms with Crippen LogP contribution in [0.2, 0.25) is 0 Å². The maximum absolute atomic E-state index is 2.48. The molecule has 0 saturated carbocycles. The fourth-order valence-electron chi connectivity index (χ4n) is 10.5. The summed E-state index contributed by atoms with van der Waals surface area (Å²) in [4.78, 5) is 5.16. The average molecular weight is 836 g/mol. The molecular formula is C60H41N3S. The molecule has 4 heteroatoms. The minimum absolute atomic E-state index is 1.13. The van der Waals surface area contributed by atoms with Gasteiger partial charge in [-0.3, -0.25) is 0 Å². The summed E-state index contributed by atoms with van der Waals surface area (Å²) >= 11 is 0. The van der Waals surface area contributed by atoms with Crippen LogP contribution in [-0.4, -0.2) is 13.7 Å². The number of hydrogen-bond donors (Lipinski definition) is 0. The van der Waals surface area contributed by atoms with Crippen LogP contribution in [0.1, 0.15) is 0 Å². The number of aromatic nitrogens is 3. The summed E-state index contributed by atoms with van der Waals surface area (Å²) in [6, 6.07) is 91.9. The van der Waals surface area contributed by atoms with Crippen molar-refractivity contribution in [3.05, 3.63) is 249 Å². The van der Waals surface area contributed by atoms with Gasteiger partial charge in [-0.15, -0.1) is 10.0 Å². The Labute approximate surface area is 372 Å². The standard InChI is InChI=1S/C60H41N3S/c1-5-19-42(20-6-1)61-54-31-17-14-28-51(54)59-56(61)39-40-57-60(59)52-29-15-18-32-55(52)62(57)44-33-35-47(36-34-44)64(45-23-9-3-10-24-45,46-25-11-4-12-26-46)48-37-38-50-49-27-13-16-30-53(49)63(58(50)41-48)43-21-7-2-8-22-43/h1-41H.